The van der Waals surface area contributed by atoms with Crippen LogP contribution in [0.2, 0.25) is 0 Å². The molecular weight excluding hydrogens is 442 g/mol. The van der Waals surface area contributed by atoms with Crippen LogP contribution >= 0.6 is 0 Å². The fraction of sp³-hybridized carbons (Fsp3) is 0.577. The maximum atomic E-state index is 12.7. The van der Waals surface area contributed by atoms with Crippen LogP contribution in [0.15, 0.2) is 30.3 Å². The highest BCUT2D eigenvalue weighted by Gasteiger charge is 2.25. The first-order chi connectivity index (χ1) is 17.0. The van der Waals surface area contributed by atoms with E-state index in [0.717, 1.165) is 80.9 Å². The van der Waals surface area contributed by atoms with E-state index in [0.29, 0.717) is 19.2 Å². The number of hydrogen-bond donors (Lipinski definition) is 1. The highest BCUT2D eigenvalue weighted by atomic mass is 16.5. The predicted octanol–water partition coefficient (Wildman–Crippen LogP) is 2.75. The van der Waals surface area contributed by atoms with Gasteiger partial charge >= 0.3 is 6.03 Å². The summed E-state index contributed by atoms with van der Waals surface area (Å²) in [5.41, 5.74) is 3.14. The molecule has 9 nitrogen and oxygen atoms in total. The standard InChI is InChI=1S/C26H37N7O2/c1-20-16-21(2)18-22(17-20)27-26(34)33-13-11-32(12-14-33)25-6-5-24(28-29-25)31-9-7-30(8-10-31)19-23-4-3-15-35-23/h5-6,16-18,23H,3-4,7-15,19H2,1-2H3,(H,27,34). The molecule has 1 aromatic heterocycles. The highest BCUT2D eigenvalue weighted by molar-refractivity contribution is 5.89. The van der Waals surface area contributed by atoms with Gasteiger partial charge in [-0.1, -0.05) is 6.07 Å². The molecule has 35 heavy (non-hydrogen) atoms. The van der Waals surface area contributed by atoms with Crippen LogP contribution < -0.4 is 15.1 Å². The van der Waals surface area contributed by atoms with E-state index in [1.54, 1.807) is 0 Å². The molecule has 1 unspecified atom stereocenters. The zero-order chi connectivity index (χ0) is 24.2. The second-order valence-electron chi connectivity index (χ2n) is 9.95. The Bertz CT molecular complexity index is 973. The molecule has 4 heterocycles. The summed E-state index contributed by atoms with van der Waals surface area (Å²) >= 11 is 0. The topological polar surface area (TPSA) is 77.1 Å². The maximum Gasteiger partial charge on any atom is 0.321 e. The summed E-state index contributed by atoms with van der Waals surface area (Å²) in [6, 6.07) is 10.2. The lowest BCUT2D eigenvalue weighted by atomic mass is 10.1. The van der Waals surface area contributed by atoms with Crippen LogP contribution in [0.3, 0.4) is 0 Å². The van der Waals surface area contributed by atoms with Crippen LogP contribution in [-0.4, -0.2) is 97.6 Å². The van der Waals surface area contributed by atoms with E-state index in [4.69, 9.17) is 4.74 Å². The van der Waals surface area contributed by atoms with Gasteiger partial charge in [0.1, 0.15) is 0 Å². The van der Waals surface area contributed by atoms with Crippen LogP contribution in [0, 0.1) is 13.8 Å². The minimum atomic E-state index is -0.0466. The van der Waals surface area contributed by atoms with Gasteiger partial charge in [0.25, 0.3) is 0 Å². The molecule has 2 aromatic rings. The summed E-state index contributed by atoms with van der Waals surface area (Å²) in [6.07, 6.45) is 2.80. The van der Waals surface area contributed by atoms with Gasteiger partial charge in [0.2, 0.25) is 0 Å². The number of benzene rings is 1. The Hall–Kier alpha value is -2.91. The molecule has 3 saturated heterocycles. The molecule has 2 amide bonds. The Morgan fingerprint density at radius 3 is 2.06 bits per heavy atom. The van der Waals surface area contributed by atoms with E-state index in [1.807, 2.05) is 30.9 Å². The van der Waals surface area contributed by atoms with Crippen molar-refractivity contribution < 1.29 is 9.53 Å². The molecule has 0 saturated carbocycles. The largest absolute Gasteiger partial charge is 0.377 e. The van der Waals surface area contributed by atoms with Gasteiger partial charge in [-0.25, -0.2) is 4.79 Å². The molecule has 188 valence electrons. The van der Waals surface area contributed by atoms with E-state index < -0.39 is 0 Å². The van der Waals surface area contributed by atoms with Crippen molar-refractivity contribution in [1.82, 2.24) is 20.0 Å². The van der Waals surface area contributed by atoms with Gasteiger partial charge in [-0.2, -0.15) is 0 Å². The van der Waals surface area contributed by atoms with Gasteiger partial charge in [-0.05, 0) is 62.1 Å². The minimum absolute atomic E-state index is 0.0466. The van der Waals surface area contributed by atoms with Gasteiger partial charge in [0.05, 0.1) is 6.10 Å². The molecule has 9 heteroatoms. The summed E-state index contributed by atoms with van der Waals surface area (Å²) in [7, 11) is 0. The van der Waals surface area contributed by atoms with Crippen LogP contribution in [0.25, 0.3) is 0 Å². The van der Waals surface area contributed by atoms with E-state index >= 15 is 0 Å². The average Bonchev–Trinajstić information content (AvgIpc) is 3.37. The number of piperazine rings is 2. The van der Waals surface area contributed by atoms with Crippen LogP contribution in [0.4, 0.5) is 22.1 Å². The van der Waals surface area contributed by atoms with Crippen molar-refractivity contribution in [3.63, 3.8) is 0 Å². The van der Waals surface area contributed by atoms with Crippen LogP contribution in [0.1, 0.15) is 24.0 Å². The molecule has 3 aliphatic rings. The summed E-state index contributed by atoms with van der Waals surface area (Å²) in [5, 5.41) is 12.1. The number of aryl methyl sites for hydroxylation is 2. The zero-order valence-electron chi connectivity index (χ0n) is 20.9. The summed E-state index contributed by atoms with van der Waals surface area (Å²) in [4.78, 5) is 21.6. The second-order valence-corrected chi connectivity index (χ2v) is 9.95. The second kappa shape index (κ2) is 10.8. The van der Waals surface area contributed by atoms with Crippen molar-refractivity contribution in [2.45, 2.75) is 32.8 Å². The number of urea groups is 1. The average molecular weight is 480 g/mol. The highest BCUT2D eigenvalue weighted by Crippen LogP contribution is 2.20. The lowest BCUT2D eigenvalue weighted by Crippen LogP contribution is -2.50. The third-order valence-electron chi connectivity index (χ3n) is 7.18. The van der Waals surface area contributed by atoms with Crippen LogP contribution in [0.5, 0.6) is 0 Å². The molecule has 1 aromatic carbocycles. The number of hydrogen-bond acceptors (Lipinski definition) is 7. The molecule has 0 spiro atoms. The first kappa shape index (κ1) is 23.8. The lowest BCUT2D eigenvalue weighted by molar-refractivity contribution is 0.0712. The smallest absolute Gasteiger partial charge is 0.321 e. The number of amides is 2. The molecule has 3 fully saturated rings. The first-order valence-corrected chi connectivity index (χ1v) is 12.9. The molecule has 5 rings (SSSR count). The molecule has 0 bridgehead atoms. The van der Waals surface area contributed by atoms with Crippen LogP contribution in [-0.2, 0) is 4.74 Å². The Labute approximate surface area is 208 Å². The quantitative estimate of drug-likeness (QED) is 0.707. The van der Waals surface area contributed by atoms with Gasteiger partial charge in [-0.15, -0.1) is 10.2 Å². The number of carbonyl (C=O) groups excluding carboxylic acids is 1. The van der Waals surface area contributed by atoms with Crippen molar-refractivity contribution in [2.75, 3.05) is 80.6 Å². The first-order valence-electron chi connectivity index (χ1n) is 12.9. The Kier molecular flexibility index (Phi) is 7.34. The van der Waals surface area contributed by atoms with Gasteiger partial charge in [0.15, 0.2) is 11.6 Å². The number of carbonyl (C=O) groups is 1. The number of anilines is 3. The fourth-order valence-electron chi connectivity index (χ4n) is 5.28. The summed E-state index contributed by atoms with van der Waals surface area (Å²) in [5.74, 6) is 1.82. The van der Waals surface area contributed by atoms with E-state index in [2.05, 4.69) is 48.4 Å². The SMILES string of the molecule is Cc1cc(C)cc(NC(=O)N2CCN(c3ccc(N4CCN(CC5CCCO5)CC4)nn3)CC2)c1. The molecule has 0 aliphatic carbocycles. The summed E-state index contributed by atoms with van der Waals surface area (Å²) < 4.78 is 5.79. The molecule has 1 atom stereocenters. The van der Waals surface area contributed by atoms with E-state index in [9.17, 15) is 4.79 Å². The molecule has 1 N–H and O–H groups in total. The van der Waals surface area contributed by atoms with E-state index in [-0.39, 0.29) is 6.03 Å². The van der Waals surface area contributed by atoms with Crippen molar-refractivity contribution in [3.8, 4) is 0 Å². The lowest BCUT2D eigenvalue weighted by Gasteiger charge is -2.37. The maximum absolute atomic E-state index is 12.7. The molecule has 0 radical (unpaired) electrons. The number of nitrogens with one attached hydrogen (secondary N) is 1. The monoisotopic (exact) mass is 479 g/mol. The Morgan fingerprint density at radius 2 is 1.51 bits per heavy atom. The Morgan fingerprint density at radius 1 is 0.914 bits per heavy atom. The Balaban J connectivity index is 1.08. The van der Waals surface area contributed by atoms with Crippen molar-refractivity contribution in [1.29, 1.82) is 0 Å². The molecular formula is C26H37N7O2. The van der Waals surface area contributed by atoms with Crippen molar-refractivity contribution >= 4 is 23.4 Å². The predicted molar refractivity (Wildman–Crippen MR) is 138 cm³/mol. The van der Waals surface area contributed by atoms with Crippen molar-refractivity contribution in [2.24, 2.45) is 0 Å². The molecule has 3 aliphatic heterocycles. The number of rotatable bonds is 5. The van der Waals surface area contributed by atoms with Gasteiger partial charge in [0, 0.05) is 71.2 Å². The minimum Gasteiger partial charge on any atom is -0.377 e. The normalized spacial score (nSPS) is 21.4. The third kappa shape index (κ3) is 6.02. The van der Waals surface area contributed by atoms with E-state index in [1.165, 1.54) is 12.8 Å². The number of nitrogens with zero attached hydrogens (tertiary/aromatic N) is 6. The van der Waals surface area contributed by atoms with Gasteiger partial charge < -0.3 is 24.8 Å². The summed E-state index contributed by atoms with van der Waals surface area (Å²) in [6.45, 7) is 12.9. The fourth-order valence-corrected chi connectivity index (χ4v) is 5.28. The third-order valence-corrected chi connectivity index (χ3v) is 7.18. The number of aromatic nitrogens is 2. The zero-order valence-corrected chi connectivity index (χ0v) is 20.9. The number of ether oxygens (including phenoxy) is 1. The van der Waals surface area contributed by atoms with Crippen molar-refractivity contribution in [3.05, 3.63) is 41.5 Å². The van der Waals surface area contributed by atoms with Gasteiger partial charge in [-0.3, -0.25) is 4.90 Å².